The Hall–Kier alpha value is -1.25. The van der Waals surface area contributed by atoms with Crippen molar-refractivity contribution in [1.29, 1.82) is 0 Å². The second-order valence-electron chi connectivity index (χ2n) is 4.03. The van der Waals surface area contributed by atoms with E-state index < -0.39 is 0 Å². The van der Waals surface area contributed by atoms with Crippen LogP contribution < -0.4 is 0 Å². The Morgan fingerprint density at radius 3 is 2.87 bits per heavy atom. The van der Waals surface area contributed by atoms with E-state index in [1.54, 1.807) is 0 Å². The van der Waals surface area contributed by atoms with Crippen LogP contribution in [0.5, 0.6) is 0 Å². The molecule has 0 aromatic carbocycles. The largest absolute Gasteiger partial charge is 0.461 e. The number of carbonyl (C=O) groups is 1. The van der Waals surface area contributed by atoms with Crippen LogP contribution in [0.2, 0.25) is 0 Å². The summed E-state index contributed by atoms with van der Waals surface area (Å²) in [5, 5.41) is 0. The number of ether oxygens (including phenoxy) is 1. The third-order valence-electron chi connectivity index (χ3n) is 3.00. The molecule has 0 bridgehead atoms. The van der Waals surface area contributed by atoms with Crippen molar-refractivity contribution in [1.82, 2.24) is 4.98 Å². The molecule has 0 atom stereocenters. The highest BCUT2D eigenvalue weighted by atomic mass is 16.5. The first-order chi connectivity index (χ1) is 7.31. The van der Waals surface area contributed by atoms with Crippen molar-refractivity contribution >= 4 is 5.97 Å². The molecule has 0 spiro atoms. The van der Waals surface area contributed by atoms with Gasteiger partial charge in [-0.3, -0.25) is 0 Å². The maximum Gasteiger partial charge on any atom is 0.354 e. The molecular formula is C12H17NO2. The predicted molar refractivity (Wildman–Crippen MR) is 58.0 cm³/mol. The summed E-state index contributed by atoms with van der Waals surface area (Å²) >= 11 is 0. The van der Waals surface area contributed by atoms with Crippen molar-refractivity contribution in [3.05, 3.63) is 23.5 Å². The Morgan fingerprint density at radius 2 is 2.20 bits per heavy atom. The smallest absolute Gasteiger partial charge is 0.354 e. The van der Waals surface area contributed by atoms with Crippen molar-refractivity contribution < 1.29 is 9.53 Å². The van der Waals surface area contributed by atoms with Crippen LogP contribution in [0.3, 0.4) is 0 Å². The van der Waals surface area contributed by atoms with E-state index >= 15 is 0 Å². The summed E-state index contributed by atoms with van der Waals surface area (Å²) in [6, 6.07) is 3.84. The van der Waals surface area contributed by atoms with E-state index in [9.17, 15) is 4.79 Å². The predicted octanol–water partition coefficient (Wildman–Crippen LogP) is 2.85. The van der Waals surface area contributed by atoms with Crippen LogP contribution in [-0.4, -0.2) is 17.6 Å². The van der Waals surface area contributed by atoms with Gasteiger partial charge in [0.2, 0.25) is 0 Å². The van der Waals surface area contributed by atoms with Gasteiger partial charge < -0.3 is 9.72 Å². The zero-order valence-corrected chi connectivity index (χ0v) is 9.08. The summed E-state index contributed by atoms with van der Waals surface area (Å²) < 4.78 is 4.93. The molecule has 0 radical (unpaired) electrons. The normalized spacial score (nSPS) is 16.9. The topological polar surface area (TPSA) is 42.1 Å². The van der Waals surface area contributed by atoms with Crippen LogP contribution in [0.25, 0.3) is 0 Å². The molecule has 0 saturated heterocycles. The minimum atomic E-state index is -0.248. The molecule has 1 aliphatic rings. The SMILES string of the molecule is CCOC(=O)c1ccc(C2CCCC2)[nH]1. The molecule has 0 unspecified atom stereocenters. The molecular weight excluding hydrogens is 190 g/mol. The van der Waals surface area contributed by atoms with Crippen LogP contribution in [0.1, 0.15) is 54.7 Å². The van der Waals surface area contributed by atoms with E-state index in [4.69, 9.17) is 4.74 Å². The van der Waals surface area contributed by atoms with E-state index in [1.165, 1.54) is 31.4 Å². The maximum atomic E-state index is 11.4. The number of nitrogens with one attached hydrogen (secondary N) is 1. The van der Waals surface area contributed by atoms with Crippen LogP contribution in [0, 0.1) is 0 Å². The van der Waals surface area contributed by atoms with Gasteiger partial charge in [-0.25, -0.2) is 4.79 Å². The lowest BCUT2D eigenvalue weighted by molar-refractivity contribution is 0.0520. The number of aromatic amines is 1. The van der Waals surface area contributed by atoms with Gasteiger partial charge in [0.15, 0.2) is 0 Å². The van der Waals surface area contributed by atoms with Gasteiger partial charge in [-0.15, -0.1) is 0 Å². The first-order valence-corrected chi connectivity index (χ1v) is 5.67. The number of aromatic nitrogens is 1. The second kappa shape index (κ2) is 4.51. The van der Waals surface area contributed by atoms with Gasteiger partial charge in [-0.1, -0.05) is 12.8 Å². The average Bonchev–Trinajstić information content (AvgIpc) is 2.89. The van der Waals surface area contributed by atoms with Crippen LogP contribution in [0.15, 0.2) is 12.1 Å². The number of rotatable bonds is 3. The van der Waals surface area contributed by atoms with Gasteiger partial charge in [-0.05, 0) is 37.8 Å². The number of H-pyrrole nitrogens is 1. The summed E-state index contributed by atoms with van der Waals surface area (Å²) in [6.45, 7) is 2.25. The number of esters is 1. The van der Waals surface area contributed by atoms with Crippen molar-refractivity contribution in [3.8, 4) is 0 Å². The molecule has 1 fully saturated rings. The minimum absolute atomic E-state index is 0.248. The maximum absolute atomic E-state index is 11.4. The zero-order valence-electron chi connectivity index (χ0n) is 9.08. The Balaban J connectivity index is 2.06. The summed E-state index contributed by atoms with van der Waals surface area (Å²) in [4.78, 5) is 14.6. The van der Waals surface area contributed by atoms with Crippen LogP contribution >= 0.6 is 0 Å². The van der Waals surface area contributed by atoms with E-state index in [1.807, 2.05) is 19.1 Å². The Morgan fingerprint density at radius 1 is 1.47 bits per heavy atom. The fraction of sp³-hybridized carbons (Fsp3) is 0.583. The second-order valence-corrected chi connectivity index (χ2v) is 4.03. The van der Waals surface area contributed by atoms with Crippen LogP contribution in [-0.2, 0) is 4.74 Å². The van der Waals surface area contributed by atoms with Gasteiger partial charge >= 0.3 is 5.97 Å². The van der Waals surface area contributed by atoms with E-state index in [-0.39, 0.29) is 5.97 Å². The van der Waals surface area contributed by atoms with Crippen molar-refractivity contribution in [2.45, 2.75) is 38.5 Å². The lowest BCUT2D eigenvalue weighted by Gasteiger charge is -2.05. The van der Waals surface area contributed by atoms with Gasteiger partial charge in [-0.2, -0.15) is 0 Å². The molecule has 1 aromatic rings. The molecule has 1 saturated carbocycles. The van der Waals surface area contributed by atoms with Gasteiger partial charge in [0.1, 0.15) is 5.69 Å². The molecule has 15 heavy (non-hydrogen) atoms. The zero-order chi connectivity index (χ0) is 10.7. The Bertz CT molecular complexity index is 337. The fourth-order valence-corrected chi connectivity index (χ4v) is 2.21. The lowest BCUT2D eigenvalue weighted by atomic mass is 10.1. The Labute approximate surface area is 89.8 Å². The summed E-state index contributed by atoms with van der Waals surface area (Å²) in [5.41, 5.74) is 1.77. The average molecular weight is 207 g/mol. The van der Waals surface area contributed by atoms with E-state index in [0.29, 0.717) is 18.2 Å². The molecule has 3 nitrogen and oxygen atoms in total. The van der Waals surface area contributed by atoms with E-state index in [0.717, 1.165) is 0 Å². The fourth-order valence-electron chi connectivity index (χ4n) is 2.21. The van der Waals surface area contributed by atoms with Gasteiger partial charge in [0, 0.05) is 5.69 Å². The summed E-state index contributed by atoms with van der Waals surface area (Å²) in [5.74, 6) is 0.370. The van der Waals surface area contributed by atoms with Crippen molar-refractivity contribution in [3.63, 3.8) is 0 Å². The molecule has 3 heteroatoms. The molecule has 0 aliphatic heterocycles. The third kappa shape index (κ3) is 2.22. The van der Waals surface area contributed by atoms with Gasteiger partial charge in [0.05, 0.1) is 6.61 Å². The monoisotopic (exact) mass is 207 g/mol. The highest BCUT2D eigenvalue weighted by Gasteiger charge is 2.19. The first kappa shape index (κ1) is 10.3. The summed E-state index contributed by atoms with van der Waals surface area (Å²) in [7, 11) is 0. The summed E-state index contributed by atoms with van der Waals surface area (Å²) in [6.07, 6.45) is 5.09. The molecule has 1 aliphatic carbocycles. The number of carbonyl (C=O) groups excluding carboxylic acids is 1. The molecule has 1 N–H and O–H groups in total. The number of hydrogen-bond acceptors (Lipinski definition) is 2. The standard InChI is InChI=1S/C12H17NO2/c1-2-15-12(14)11-8-7-10(13-11)9-5-3-4-6-9/h7-9,13H,2-6H2,1H3. The highest BCUT2D eigenvalue weighted by Crippen LogP contribution is 2.33. The molecule has 2 rings (SSSR count). The first-order valence-electron chi connectivity index (χ1n) is 5.67. The molecule has 1 aromatic heterocycles. The Kier molecular flexibility index (Phi) is 3.09. The third-order valence-corrected chi connectivity index (χ3v) is 3.00. The lowest BCUT2D eigenvalue weighted by Crippen LogP contribution is -2.05. The number of hydrogen-bond donors (Lipinski definition) is 1. The molecule has 1 heterocycles. The quantitative estimate of drug-likeness (QED) is 0.774. The van der Waals surface area contributed by atoms with Crippen molar-refractivity contribution in [2.24, 2.45) is 0 Å². The van der Waals surface area contributed by atoms with Crippen molar-refractivity contribution in [2.75, 3.05) is 6.61 Å². The van der Waals surface area contributed by atoms with Gasteiger partial charge in [0.25, 0.3) is 0 Å². The molecule has 0 amide bonds. The van der Waals surface area contributed by atoms with E-state index in [2.05, 4.69) is 4.98 Å². The molecule has 82 valence electrons. The highest BCUT2D eigenvalue weighted by molar-refractivity contribution is 5.87. The minimum Gasteiger partial charge on any atom is -0.461 e. The van der Waals surface area contributed by atoms with Crippen LogP contribution in [0.4, 0.5) is 0 Å².